The molecule has 1 aliphatic heterocycles. The van der Waals surface area contributed by atoms with Gasteiger partial charge in [-0.05, 0) is 31.0 Å². The van der Waals surface area contributed by atoms with E-state index in [1.165, 1.54) is 30.5 Å². The van der Waals surface area contributed by atoms with Crippen LogP contribution in [0.2, 0.25) is 0 Å². The molecule has 1 N–H and O–H groups in total. The molecule has 0 spiro atoms. The fourth-order valence-electron chi connectivity index (χ4n) is 3.20. The van der Waals surface area contributed by atoms with Gasteiger partial charge in [-0.25, -0.2) is 13.1 Å². The number of rotatable bonds is 5. The van der Waals surface area contributed by atoms with Crippen LogP contribution in [0.3, 0.4) is 0 Å². The molecule has 1 amide bonds. The summed E-state index contributed by atoms with van der Waals surface area (Å²) in [5, 5.41) is 0. The van der Waals surface area contributed by atoms with E-state index < -0.39 is 28.3 Å². The van der Waals surface area contributed by atoms with E-state index in [1.54, 1.807) is 9.47 Å². The van der Waals surface area contributed by atoms with Gasteiger partial charge in [0.2, 0.25) is 10.0 Å². The number of hydrogen-bond donors (Lipinski definition) is 1. The second kappa shape index (κ2) is 7.59. The number of benzene rings is 1. The summed E-state index contributed by atoms with van der Waals surface area (Å²) in [7, 11) is -4.08. The fourth-order valence-corrected chi connectivity index (χ4v) is 4.24. The van der Waals surface area contributed by atoms with Gasteiger partial charge in [-0.2, -0.15) is 13.2 Å². The van der Waals surface area contributed by atoms with Gasteiger partial charge in [-0.3, -0.25) is 4.79 Å². The second-order valence-corrected chi connectivity index (χ2v) is 8.24. The Bertz CT molecular complexity index is 983. The molecule has 0 saturated heterocycles. The van der Waals surface area contributed by atoms with Crippen molar-refractivity contribution in [3.05, 3.63) is 53.3 Å². The second-order valence-electron chi connectivity index (χ2n) is 6.47. The summed E-state index contributed by atoms with van der Waals surface area (Å²) in [6, 6.07) is 6.06. The number of hydrogen-bond acceptors (Lipinski definition) is 3. The number of aromatic nitrogens is 1. The van der Waals surface area contributed by atoms with Gasteiger partial charge in [-0.1, -0.05) is 18.2 Å². The molecule has 2 aromatic rings. The van der Waals surface area contributed by atoms with Crippen molar-refractivity contribution in [2.45, 2.75) is 37.5 Å². The normalized spacial score (nSPS) is 15.4. The highest BCUT2D eigenvalue weighted by atomic mass is 32.2. The lowest BCUT2D eigenvalue weighted by molar-refractivity contribution is -0.138. The van der Waals surface area contributed by atoms with Crippen LogP contribution in [0.25, 0.3) is 0 Å². The van der Waals surface area contributed by atoms with Crippen molar-refractivity contribution in [2.75, 3.05) is 13.1 Å². The van der Waals surface area contributed by atoms with Crippen molar-refractivity contribution in [3.63, 3.8) is 0 Å². The summed E-state index contributed by atoms with van der Waals surface area (Å²) < 4.78 is 68.2. The third-order valence-electron chi connectivity index (χ3n) is 4.67. The quantitative estimate of drug-likeness (QED) is 0.816. The Balaban J connectivity index is 1.84. The Labute approximate surface area is 161 Å². The molecule has 0 atom stereocenters. The van der Waals surface area contributed by atoms with Crippen molar-refractivity contribution >= 4 is 15.9 Å². The lowest BCUT2D eigenvalue weighted by atomic mass is 10.1. The number of nitrogens with zero attached hydrogens (tertiary/aromatic N) is 2. The van der Waals surface area contributed by atoms with E-state index in [1.807, 2.05) is 6.92 Å². The van der Waals surface area contributed by atoms with Crippen molar-refractivity contribution in [3.8, 4) is 0 Å². The molecule has 0 radical (unpaired) electrons. The molecule has 0 fully saturated rings. The lowest BCUT2D eigenvalue weighted by Gasteiger charge is -2.17. The van der Waals surface area contributed by atoms with Crippen LogP contribution in [-0.4, -0.2) is 36.9 Å². The molecular weight excluding hydrogens is 395 g/mol. The first kappa shape index (κ1) is 20.4. The highest BCUT2D eigenvalue weighted by molar-refractivity contribution is 7.89. The summed E-state index contributed by atoms with van der Waals surface area (Å²) in [4.78, 5) is 14.0. The summed E-state index contributed by atoms with van der Waals surface area (Å²) in [6.45, 7) is 2.93. The molecule has 0 aliphatic carbocycles. The van der Waals surface area contributed by atoms with Crippen molar-refractivity contribution in [1.82, 2.24) is 14.2 Å². The topological polar surface area (TPSA) is 71.4 Å². The molecule has 0 unspecified atom stereocenters. The molecule has 1 aliphatic rings. The Hall–Kier alpha value is -2.33. The number of aryl methyl sites for hydroxylation is 1. The van der Waals surface area contributed by atoms with E-state index in [-0.39, 0.29) is 22.1 Å². The smallest absolute Gasteiger partial charge is 0.342 e. The summed E-state index contributed by atoms with van der Waals surface area (Å²) in [6.07, 6.45) is -2.54. The third kappa shape index (κ3) is 4.07. The molecule has 1 aromatic heterocycles. The number of halogens is 3. The van der Waals surface area contributed by atoms with Crippen molar-refractivity contribution < 1.29 is 26.4 Å². The minimum atomic E-state index is -4.58. The van der Waals surface area contributed by atoms with Crippen LogP contribution in [-0.2, 0) is 29.3 Å². The molecule has 6 nitrogen and oxygen atoms in total. The van der Waals surface area contributed by atoms with E-state index in [2.05, 4.69) is 4.72 Å². The van der Waals surface area contributed by atoms with Gasteiger partial charge >= 0.3 is 6.18 Å². The monoisotopic (exact) mass is 415 g/mol. The fraction of sp³-hybridized carbons (Fsp3) is 0.389. The van der Waals surface area contributed by atoms with Gasteiger partial charge < -0.3 is 9.47 Å². The van der Waals surface area contributed by atoms with Crippen LogP contribution in [0.5, 0.6) is 0 Å². The SMILES string of the molecule is CCN1CCCn2cc(S(=O)(=O)NCc3ccccc3C(F)(F)F)cc2C1=O. The van der Waals surface area contributed by atoms with Gasteiger partial charge in [0.1, 0.15) is 10.6 Å². The van der Waals surface area contributed by atoms with Crippen LogP contribution in [0.15, 0.2) is 41.4 Å². The predicted molar refractivity (Wildman–Crippen MR) is 96.1 cm³/mol. The standard InChI is InChI=1S/C18H20F3N3O3S/c1-2-23-8-5-9-24-12-14(10-16(24)17(23)25)28(26,27)22-11-13-6-3-4-7-15(13)18(19,20)21/h3-4,6-7,10,12,22H,2,5,8-9,11H2,1H3. The zero-order chi connectivity index (χ0) is 20.5. The maximum atomic E-state index is 13.1. The molecule has 2 heterocycles. The van der Waals surface area contributed by atoms with Crippen LogP contribution < -0.4 is 4.72 Å². The maximum Gasteiger partial charge on any atom is 0.416 e. The zero-order valence-electron chi connectivity index (χ0n) is 15.2. The summed E-state index contributed by atoms with van der Waals surface area (Å²) in [5.41, 5.74) is -0.804. The highest BCUT2D eigenvalue weighted by Crippen LogP contribution is 2.32. The number of amides is 1. The van der Waals surface area contributed by atoms with Gasteiger partial charge in [0.25, 0.3) is 5.91 Å². The first-order valence-electron chi connectivity index (χ1n) is 8.77. The average Bonchev–Trinajstić information content (AvgIpc) is 3.02. The number of alkyl halides is 3. The molecule has 0 bridgehead atoms. The van der Waals surface area contributed by atoms with Crippen LogP contribution in [0.4, 0.5) is 13.2 Å². The average molecular weight is 415 g/mol. The summed E-state index contributed by atoms with van der Waals surface area (Å²) >= 11 is 0. The molecule has 1 aromatic carbocycles. The molecule has 3 rings (SSSR count). The molecular formula is C18H20F3N3O3S. The maximum absolute atomic E-state index is 13.1. The Morgan fingerprint density at radius 2 is 1.89 bits per heavy atom. The minimum Gasteiger partial charge on any atom is -0.342 e. The van der Waals surface area contributed by atoms with E-state index in [0.29, 0.717) is 26.1 Å². The van der Waals surface area contributed by atoms with Crippen molar-refractivity contribution in [1.29, 1.82) is 0 Å². The van der Waals surface area contributed by atoms with Gasteiger partial charge in [-0.15, -0.1) is 0 Å². The van der Waals surface area contributed by atoms with E-state index in [0.717, 1.165) is 6.07 Å². The number of nitrogens with one attached hydrogen (secondary N) is 1. The molecule has 28 heavy (non-hydrogen) atoms. The molecule has 0 saturated carbocycles. The highest BCUT2D eigenvalue weighted by Gasteiger charge is 2.33. The third-order valence-corrected chi connectivity index (χ3v) is 6.04. The first-order valence-corrected chi connectivity index (χ1v) is 10.3. The Morgan fingerprint density at radius 3 is 2.57 bits per heavy atom. The molecule has 152 valence electrons. The van der Waals surface area contributed by atoms with Gasteiger partial charge in [0.15, 0.2) is 0 Å². The van der Waals surface area contributed by atoms with Crippen LogP contribution >= 0.6 is 0 Å². The lowest BCUT2D eigenvalue weighted by Crippen LogP contribution is -2.30. The first-order chi connectivity index (χ1) is 13.1. The largest absolute Gasteiger partial charge is 0.416 e. The van der Waals surface area contributed by atoms with E-state index in [4.69, 9.17) is 0 Å². The van der Waals surface area contributed by atoms with E-state index >= 15 is 0 Å². The Kier molecular flexibility index (Phi) is 5.53. The summed E-state index contributed by atoms with van der Waals surface area (Å²) in [5.74, 6) is -0.260. The molecule has 10 heteroatoms. The Morgan fingerprint density at radius 1 is 1.18 bits per heavy atom. The van der Waals surface area contributed by atoms with Crippen molar-refractivity contribution in [2.24, 2.45) is 0 Å². The van der Waals surface area contributed by atoms with Gasteiger partial charge in [0.05, 0.1) is 5.56 Å². The van der Waals surface area contributed by atoms with Crippen LogP contribution in [0.1, 0.15) is 35.0 Å². The number of carbonyl (C=O) groups is 1. The van der Waals surface area contributed by atoms with Gasteiger partial charge in [0, 0.05) is 32.4 Å². The number of sulfonamides is 1. The number of fused-ring (bicyclic) bond motifs is 1. The predicted octanol–water partition coefficient (Wildman–Crippen LogP) is 2.85. The number of carbonyl (C=O) groups excluding carboxylic acids is 1. The van der Waals surface area contributed by atoms with E-state index in [9.17, 15) is 26.4 Å². The minimum absolute atomic E-state index is 0.140. The zero-order valence-corrected chi connectivity index (χ0v) is 16.0. The van der Waals surface area contributed by atoms with Crippen LogP contribution in [0, 0.1) is 0 Å².